The minimum atomic E-state index is -0.688. The average molecular weight is 437 g/mol. The van der Waals surface area contributed by atoms with Gasteiger partial charge in [0.05, 0.1) is 18.8 Å². The van der Waals surface area contributed by atoms with Crippen molar-refractivity contribution in [3.63, 3.8) is 0 Å². The maximum atomic E-state index is 12.7. The number of rotatable bonds is 10. The summed E-state index contributed by atoms with van der Waals surface area (Å²) in [5.41, 5.74) is 1.50. The highest BCUT2D eigenvalue weighted by Gasteiger charge is 2.15. The molecule has 32 heavy (non-hydrogen) atoms. The number of carbonyl (C=O) groups excluding carboxylic acids is 1. The first-order chi connectivity index (χ1) is 15.5. The van der Waals surface area contributed by atoms with Crippen molar-refractivity contribution in [1.29, 1.82) is 0 Å². The van der Waals surface area contributed by atoms with Gasteiger partial charge in [-0.25, -0.2) is 9.78 Å². The van der Waals surface area contributed by atoms with E-state index in [-0.39, 0.29) is 5.56 Å². The summed E-state index contributed by atoms with van der Waals surface area (Å²) in [6, 6.07) is 18.2. The third kappa shape index (κ3) is 5.97. The summed E-state index contributed by atoms with van der Waals surface area (Å²) in [7, 11) is 0. The van der Waals surface area contributed by atoms with E-state index in [0.717, 1.165) is 11.4 Å². The lowest BCUT2D eigenvalue weighted by Gasteiger charge is -2.15. The molecule has 1 atom stereocenters. The molecule has 0 amide bonds. The molecule has 0 aliphatic rings. The molecule has 0 spiro atoms. The van der Waals surface area contributed by atoms with Crippen molar-refractivity contribution >= 4 is 5.97 Å². The van der Waals surface area contributed by atoms with Crippen LogP contribution in [0.4, 0.5) is 0 Å². The molecule has 0 bridgehead atoms. The van der Waals surface area contributed by atoms with Crippen molar-refractivity contribution in [3.05, 3.63) is 76.8 Å². The van der Waals surface area contributed by atoms with Crippen molar-refractivity contribution in [1.82, 2.24) is 9.55 Å². The van der Waals surface area contributed by atoms with E-state index >= 15 is 0 Å². The predicted octanol–water partition coefficient (Wildman–Crippen LogP) is 3.88. The fourth-order valence-electron chi connectivity index (χ4n) is 3.20. The van der Waals surface area contributed by atoms with E-state index in [1.165, 1.54) is 0 Å². The second kappa shape index (κ2) is 11.1. The van der Waals surface area contributed by atoms with Gasteiger partial charge >= 0.3 is 5.97 Å². The third-order valence-electron chi connectivity index (χ3n) is 4.81. The van der Waals surface area contributed by atoms with E-state index in [4.69, 9.17) is 14.2 Å². The maximum absolute atomic E-state index is 12.7. The number of hydrogen-bond donors (Lipinski definition) is 0. The highest BCUT2D eigenvalue weighted by molar-refractivity contribution is 5.74. The Bertz CT molecular complexity index is 1080. The van der Waals surface area contributed by atoms with Crippen LogP contribution in [0.3, 0.4) is 0 Å². The zero-order valence-electron chi connectivity index (χ0n) is 18.6. The van der Waals surface area contributed by atoms with Crippen molar-refractivity contribution in [2.75, 3.05) is 13.2 Å². The van der Waals surface area contributed by atoms with E-state index in [0.29, 0.717) is 43.4 Å². The van der Waals surface area contributed by atoms with Crippen molar-refractivity contribution in [2.45, 2.75) is 39.8 Å². The molecule has 1 heterocycles. The van der Waals surface area contributed by atoms with E-state index in [1.807, 2.05) is 37.3 Å². The Balaban J connectivity index is 1.60. The van der Waals surface area contributed by atoms with Crippen LogP contribution in [0.1, 0.15) is 26.6 Å². The summed E-state index contributed by atoms with van der Waals surface area (Å²) < 4.78 is 17.9. The number of carbonyl (C=O) groups is 1. The number of nitrogens with zero attached hydrogens (tertiary/aromatic N) is 2. The van der Waals surface area contributed by atoms with Gasteiger partial charge in [-0.15, -0.1) is 0 Å². The minimum absolute atomic E-state index is 0.101. The third-order valence-corrected chi connectivity index (χ3v) is 4.81. The SMILES string of the molecule is CCOC(=O)C(C)Oc1ccc(OCCn2c(CC)nc(-c3ccccc3)cc2=O)cc1. The molecular formula is C25H28N2O5. The lowest BCUT2D eigenvalue weighted by atomic mass is 10.1. The van der Waals surface area contributed by atoms with Crippen LogP contribution < -0.4 is 15.0 Å². The number of aryl methyl sites for hydroxylation is 1. The van der Waals surface area contributed by atoms with Crippen LogP contribution in [-0.4, -0.2) is 34.8 Å². The van der Waals surface area contributed by atoms with Crippen LogP contribution in [0.5, 0.6) is 11.5 Å². The van der Waals surface area contributed by atoms with Crippen LogP contribution in [0.2, 0.25) is 0 Å². The van der Waals surface area contributed by atoms with E-state index in [9.17, 15) is 9.59 Å². The molecule has 7 heteroatoms. The lowest BCUT2D eigenvalue weighted by molar-refractivity contribution is -0.150. The first-order valence-corrected chi connectivity index (χ1v) is 10.7. The number of aromatic nitrogens is 2. The smallest absolute Gasteiger partial charge is 0.347 e. The highest BCUT2D eigenvalue weighted by Crippen LogP contribution is 2.19. The molecule has 0 aliphatic heterocycles. The fourth-order valence-corrected chi connectivity index (χ4v) is 3.20. The Kier molecular flexibility index (Phi) is 8.02. The Labute approximate surface area is 187 Å². The van der Waals surface area contributed by atoms with Gasteiger partial charge in [0.1, 0.15) is 23.9 Å². The van der Waals surface area contributed by atoms with Crippen LogP contribution in [0.25, 0.3) is 11.3 Å². The van der Waals surface area contributed by atoms with Gasteiger partial charge in [0, 0.05) is 18.1 Å². The molecule has 0 saturated heterocycles. The molecule has 3 rings (SSSR count). The highest BCUT2D eigenvalue weighted by atomic mass is 16.6. The first-order valence-electron chi connectivity index (χ1n) is 10.7. The summed E-state index contributed by atoms with van der Waals surface area (Å²) in [5, 5.41) is 0. The molecular weight excluding hydrogens is 408 g/mol. The van der Waals surface area contributed by atoms with Gasteiger partial charge in [-0.05, 0) is 38.1 Å². The molecule has 0 saturated carbocycles. The van der Waals surface area contributed by atoms with E-state index in [1.54, 1.807) is 48.7 Å². The average Bonchev–Trinajstić information content (AvgIpc) is 2.81. The zero-order valence-corrected chi connectivity index (χ0v) is 18.6. The number of hydrogen-bond acceptors (Lipinski definition) is 6. The van der Waals surface area contributed by atoms with Crippen LogP contribution in [0.15, 0.2) is 65.5 Å². The maximum Gasteiger partial charge on any atom is 0.347 e. The van der Waals surface area contributed by atoms with Crippen molar-refractivity contribution < 1.29 is 19.0 Å². The van der Waals surface area contributed by atoms with Crippen LogP contribution in [0, 0.1) is 0 Å². The normalized spacial score (nSPS) is 11.6. The van der Waals surface area contributed by atoms with Crippen LogP contribution in [-0.2, 0) is 22.5 Å². The number of ether oxygens (including phenoxy) is 3. The number of esters is 1. The molecule has 7 nitrogen and oxygen atoms in total. The van der Waals surface area contributed by atoms with E-state index < -0.39 is 12.1 Å². The molecule has 2 aromatic carbocycles. The van der Waals surface area contributed by atoms with Crippen molar-refractivity contribution in [2.24, 2.45) is 0 Å². The Morgan fingerprint density at radius 3 is 2.38 bits per heavy atom. The standard InChI is InChI=1S/C25H28N2O5/c1-4-23-26-22(19-9-7-6-8-10-19)17-24(28)27(23)15-16-31-20-11-13-21(14-12-20)32-18(3)25(29)30-5-2/h6-14,17-18H,4-5,15-16H2,1-3H3. The second-order valence-electron chi connectivity index (χ2n) is 7.10. The number of benzene rings is 2. The fraction of sp³-hybridized carbons (Fsp3) is 0.320. The van der Waals surface area contributed by atoms with Crippen LogP contribution >= 0.6 is 0 Å². The topological polar surface area (TPSA) is 79.7 Å². The summed E-state index contributed by atoms with van der Waals surface area (Å²) in [5.74, 6) is 1.50. The zero-order chi connectivity index (χ0) is 22.9. The molecule has 0 fully saturated rings. The Hall–Kier alpha value is -3.61. The summed E-state index contributed by atoms with van der Waals surface area (Å²) >= 11 is 0. The van der Waals surface area contributed by atoms with Crippen molar-refractivity contribution in [3.8, 4) is 22.8 Å². The van der Waals surface area contributed by atoms with Gasteiger partial charge in [0.15, 0.2) is 6.10 Å². The molecule has 0 aliphatic carbocycles. The minimum Gasteiger partial charge on any atom is -0.492 e. The van der Waals surface area contributed by atoms with E-state index in [2.05, 4.69) is 4.98 Å². The summed E-state index contributed by atoms with van der Waals surface area (Å²) in [6.07, 6.45) is -0.0481. The largest absolute Gasteiger partial charge is 0.492 e. The second-order valence-corrected chi connectivity index (χ2v) is 7.10. The molecule has 168 valence electrons. The molecule has 1 unspecified atom stereocenters. The predicted molar refractivity (Wildman–Crippen MR) is 122 cm³/mol. The van der Waals surface area contributed by atoms with Gasteiger partial charge in [-0.2, -0.15) is 0 Å². The van der Waals surface area contributed by atoms with Gasteiger partial charge in [0.2, 0.25) is 0 Å². The van der Waals surface area contributed by atoms with Gasteiger partial charge in [-0.3, -0.25) is 9.36 Å². The summed E-state index contributed by atoms with van der Waals surface area (Å²) in [6.45, 7) is 6.39. The van der Waals surface area contributed by atoms with Gasteiger partial charge in [0.25, 0.3) is 5.56 Å². The Morgan fingerprint density at radius 2 is 1.72 bits per heavy atom. The van der Waals surface area contributed by atoms with Gasteiger partial charge in [-0.1, -0.05) is 37.3 Å². The monoisotopic (exact) mass is 436 g/mol. The quantitative estimate of drug-likeness (QED) is 0.449. The molecule has 1 aromatic heterocycles. The molecule has 0 radical (unpaired) electrons. The Morgan fingerprint density at radius 1 is 1.03 bits per heavy atom. The molecule has 0 N–H and O–H groups in total. The lowest BCUT2D eigenvalue weighted by Crippen LogP contribution is -2.27. The first kappa shape index (κ1) is 23.1. The summed E-state index contributed by atoms with van der Waals surface area (Å²) in [4.78, 5) is 29.0. The van der Waals surface area contributed by atoms with Gasteiger partial charge < -0.3 is 14.2 Å². The molecule has 3 aromatic rings.